The van der Waals surface area contributed by atoms with Crippen LogP contribution in [-0.4, -0.2) is 39.1 Å². The lowest BCUT2D eigenvalue weighted by molar-refractivity contribution is -0.138. The molecule has 7 nitrogen and oxygen atoms in total. The number of hydrogen-bond donors (Lipinski definition) is 1. The van der Waals surface area contributed by atoms with Crippen molar-refractivity contribution in [3.63, 3.8) is 0 Å². The zero-order valence-electron chi connectivity index (χ0n) is 17.3. The van der Waals surface area contributed by atoms with E-state index in [0.717, 1.165) is 17.8 Å². The van der Waals surface area contributed by atoms with Gasteiger partial charge in [-0.25, -0.2) is 9.67 Å². The summed E-state index contributed by atoms with van der Waals surface area (Å²) in [7, 11) is 0. The van der Waals surface area contributed by atoms with Crippen LogP contribution < -0.4 is 9.47 Å². The summed E-state index contributed by atoms with van der Waals surface area (Å²) in [6.45, 7) is 2.52. The van der Waals surface area contributed by atoms with E-state index in [-0.39, 0.29) is 12.2 Å². The molecule has 0 fully saturated rings. The summed E-state index contributed by atoms with van der Waals surface area (Å²) in [5.74, 6) is 0.195. The molecule has 0 radical (unpaired) electrons. The van der Waals surface area contributed by atoms with Crippen LogP contribution in [0.3, 0.4) is 0 Å². The van der Waals surface area contributed by atoms with Gasteiger partial charge >= 0.3 is 12.1 Å². The molecular weight excluding hydrogens is 427 g/mol. The Morgan fingerprint density at radius 3 is 2.56 bits per heavy atom. The van der Waals surface area contributed by atoms with Gasteiger partial charge in [0.15, 0.2) is 5.82 Å². The van der Waals surface area contributed by atoms with E-state index in [4.69, 9.17) is 14.6 Å². The molecule has 0 unspecified atom stereocenters. The number of carboxylic acids is 1. The molecule has 3 aromatic rings. The molecule has 0 amide bonds. The highest BCUT2D eigenvalue weighted by molar-refractivity contribution is 5.71. The average Bonchev–Trinajstić information content (AvgIpc) is 3.14. The number of halogens is 3. The van der Waals surface area contributed by atoms with E-state index in [2.05, 4.69) is 10.1 Å². The number of benzene rings is 1. The molecule has 32 heavy (non-hydrogen) atoms. The van der Waals surface area contributed by atoms with Gasteiger partial charge in [-0.3, -0.25) is 4.79 Å². The van der Waals surface area contributed by atoms with Crippen LogP contribution in [0.2, 0.25) is 0 Å². The molecule has 2 aromatic heterocycles. The zero-order valence-corrected chi connectivity index (χ0v) is 17.3. The van der Waals surface area contributed by atoms with Crippen LogP contribution in [0.4, 0.5) is 13.2 Å². The number of aromatic nitrogens is 3. The van der Waals surface area contributed by atoms with E-state index in [0.29, 0.717) is 43.2 Å². The van der Waals surface area contributed by atoms with Crippen molar-refractivity contribution in [1.29, 1.82) is 0 Å². The van der Waals surface area contributed by atoms with Crippen molar-refractivity contribution >= 4 is 5.97 Å². The summed E-state index contributed by atoms with van der Waals surface area (Å²) >= 11 is 0. The van der Waals surface area contributed by atoms with Gasteiger partial charge in [0.1, 0.15) is 5.75 Å². The fraction of sp³-hybridized carbons (Fsp3) is 0.318. The predicted molar refractivity (Wildman–Crippen MR) is 109 cm³/mol. The Morgan fingerprint density at radius 2 is 1.91 bits per heavy atom. The summed E-state index contributed by atoms with van der Waals surface area (Å²) in [6.07, 6.45) is -1.03. The number of aliphatic carboxylic acids is 1. The van der Waals surface area contributed by atoms with Gasteiger partial charge in [-0.05, 0) is 38.0 Å². The molecule has 0 aliphatic carbocycles. The molecule has 0 saturated heterocycles. The minimum absolute atomic E-state index is 0.127. The lowest BCUT2D eigenvalue weighted by atomic mass is 10.1. The van der Waals surface area contributed by atoms with Gasteiger partial charge in [-0.1, -0.05) is 18.2 Å². The number of alkyl halides is 3. The van der Waals surface area contributed by atoms with Crippen molar-refractivity contribution < 1.29 is 32.5 Å². The van der Waals surface area contributed by atoms with Crippen LogP contribution in [0.15, 0.2) is 48.8 Å². The Bertz CT molecular complexity index is 1050. The van der Waals surface area contributed by atoms with Gasteiger partial charge in [0.2, 0.25) is 5.88 Å². The van der Waals surface area contributed by atoms with E-state index < -0.39 is 17.7 Å². The fourth-order valence-corrected chi connectivity index (χ4v) is 3.03. The van der Waals surface area contributed by atoms with Crippen LogP contribution >= 0.6 is 0 Å². The van der Waals surface area contributed by atoms with Gasteiger partial charge in [0.25, 0.3) is 0 Å². The van der Waals surface area contributed by atoms with Crippen molar-refractivity contribution in [1.82, 2.24) is 14.8 Å². The van der Waals surface area contributed by atoms with E-state index >= 15 is 0 Å². The lowest BCUT2D eigenvalue weighted by Crippen LogP contribution is -2.07. The summed E-state index contributed by atoms with van der Waals surface area (Å²) in [6, 6.07) is 9.15. The van der Waals surface area contributed by atoms with Crippen molar-refractivity contribution in [2.45, 2.75) is 32.4 Å². The predicted octanol–water partition coefficient (Wildman–Crippen LogP) is 4.32. The van der Waals surface area contributed by atoms with Crippen molar-refractivity contribution in [3.05, 3.63) is 65.5 Å². The molecule has 0 aliphatic heterocycles. The maximum Gasteiger partial charge on any atom is 0.417 e. The number of para-hydroxylation sites is 1. The standard InChI is InChI=1S/C22H22F3N3O4/c1-2-31-21-16(7-5-11-32-18-8-4-3-6-15(18)12-20(29)30)14-28(27-21)19-10-9-17(13-26-19)22(23,24)25/h3-4,6,8-10,13-14H,2,5,7,11-12H2,1H3,(H,29,30). The second-order valence-corrected chi connectivity index (χ2v) is 6.87. The molecule has 0 spiro atoms. The van der Waals surface area contributed by atoms with E-state index in [1.165, 1.54) is 10.7 Å². The number of aryl methyl sites for hydroxylation is 1. The Hall–Kier alpha value is -3.56. The first kappa shape index (κ1) is 23.1. The molecule has 2 heterocycles. The quantitative estimate of drug-likeness (QED) is 0.464. The monoisotopic (exact) mass is 449 g/mol. The smallest absolute Gasteiger partial charge is 0.417 e. The molecule has 0 bridgehead atoms. The molecular formula is C22H22F3N3O4. The zero-order chi connectivity index (χ0) is 23.1. The average molecular weight is 449 g/mol. The lowest BCUT2D eigenvalue weighted by Gasteiger charge is -2.10. The second kappa shape index (κ2) is 10.2. The van der Waals surface area contributed by atoms with Crippen LogP contribution in [-0.2, 0) is 23.8 Å². The number of carbonyl (C=O) groups is 1. The van der Waals surface area contributed by atoms with Crippen LogP contribution in [0.25, 0.3) is 5.82 Å². The van der Waals surface area contributed by atoms with Gasteiger partial charge in [0.05, 0.1) is 25.2 Å². The van der Waals surface area contributed by atoms with Crippen LogP contribution in [0, 0.1) is 0 Å². The van der Waals surface area contributed by atoms with E-state index in [1.54, 1.807) is 30.5 Å². The van der Waals surface area contributed by atoms with E-state index in [1.807, 2.05) is 6.92 Å². The molecule has 0 saturated carbocycles. The largest absolute Gasteiger partial charge is 0.493 e. The molecule has 3 rings (SSSR count). The fourth-order valence-electron chi connectivity index (χ4n) is 3.03. The van der Waals surface area contributed by atoms with Crippen molar-refractivity contribution in [2.24, 2.45) is 0 Å². The van der Waals surface area contributed by atoms with Gasteiger partial charge in [0, 0.05) is 23.5 Å². The van der Waals surface area contributed by atoms with Gasteiger partial charge in [-0.15, -0.1) is 5.10 Å². The number of rotatable bonds is 10. The Morgan fingerprint density at radius 1 is 1.12 bits per heavy atom. The van der Waals surface area contributed by atoms with Gasteiger partial charge < -0.3 is 14.6 Å². The highest BCUT2D eigenvalue weighted by Crippen LogP contribution is 2.29. The van der Waals surface area contributed by atoms with Crippen molar-refractivity contribution in [2.75, 3.05) is 13.2 Å². The summed E-state index contributed by atoms with van der Waals surface area (Å²) in [4.78, 5) is 14.8. The maximum absolute atomic E-state index is 12.8. The minimum atomic E-state index is -4.46. The van der Waals surface area contributed by atoms with Gasteiger partial charge in [-0.2, -0.15) is 13.2 Å². The van der Waals surface area contributed by atoms with E-state index in [9.17, 15) is 18.0 Å². The number of pyridine rings is 1. The Kier molecular flexibility index (Phi) is 7.34. The summed E-state index contributed by atoms with van der Waals surface area (Å²) < 4.78 is 50.9. The first-order chi connectivity index (χ1) is 15.3. The maximum atomic E-state index is 12.8. The number of ether oxygens (including phenoxy) is 2. The Balaban J connectivity index is 1.66. The van der Waals surface area contributed by atoms with Crippen LogP contribution in [0.5, 0.6) is 11.6 Å². The first-order valence-electron chi connectivity index (χ1n) is 9.95. The molecule has 0 atom stereocenters. The van der Waals surface area contributed by atoms with Crippen molar-refractivity contribution in [3.8, 4) is 17.4 Å². The topological polar surface area (TPSA) is 86.5 Å². The second-order valence-electron chi connectivity index (χ2n) is 6.87. The molecule has 1 N–H and O–H groups in total. The molecule has 1 aromatic carbocycles. The summed E-state index contributed by atoms with van der Waals surface area (Å²) in [5.41, 5.74) is 0.520. The normalized spacial score (nSPS) is 11.4. The third kappa shape index (κ3) is 5.99. The minimum Gasteiger partial charge on any atom is -0.493 e. The number of hydrogen-bond acceptors (Lipinski definition) is 5. The SMILES string of the molecule is CCOc1nn(-c2ccc(C(F)(F)F)cn2)cc1CCCOc1ccccc1CC(=O)O. The number of nitrogens with zero attached hydrogens (tertiary/aromatic N) is 3. The third-order valence-corrected chi connectivity index (χ3v) is 4.50. The molecule has 10 heteroatoms. The Labute approximate surface area is 182 Å². The highest BCUT2D eigenvalue weighted by atomic mass is 19.4. The first-order valence-corrected chi connectivity index (χ1v) is 9.95. The highest BCUT2D eigenvalue weighted by Gasteiger charge is 2.30. The van der Waals surface area contributed by atoms with Crippen LogP contribution in [0.1, 0.15) is 30.0 Å². The molecule has 170 valence electrons. The summed E-state index contributed by atoms with van der Waals surface area (Å²) in [5, 5.41) is 13.3. The molecule has 0 aliphatic rings. The number of carboxylic acid groups (broad SMARTS) is 1. The third-order valence-electron chi connectivity index (χ3n) is 4.50.